The van der Waals surface area contributed by atoms with Crippen molar-refractivity contribution in [2.75, 3.05) is 18.4 Å². The van der Waals surface area contributed by atoms with Crippen LogP contribution in [-0.4, -0.2) is 51.1 Å². The molecule has 1 aliphatic heterocycles. The van der Waals surface area contributed by atoms with Crippen LogP contribution in [0.3, 0.4) is 0 Å². The van der Waals surface area contributed by atoms with Crippen molar-refractivity contribution in [3.05, 3.63) is 66.0 Å². The molecule has 3 N–H and O–H groups in total. The Morgan fingerprint density at radius 3 is 2.65 bits per heavy atom. The molecule has 2 aliphatic rings. The molecular formula is C30H29F2N7O. The van der Waals surface area contributed by atoms with Crippen LogP contribution in [0.25, 0.3) is 33.4 Å². The fourth-order valence-electron chi connectivity index (χ4n) is 5.84. The molecule has 2 unspecified atom stereocenters. The molecule has 3 aromatic heterocycles. The van der Waals surface area contributed by atoms with Gasteiger partial charge in [-0.2, -0.15) is 5.26 Å². The summed E-state index contributed by atoms with van der Waals surface area (Å²) in [5.41, 5.74) is 1.84. The fourth-order valence-corrected chi connectivity index (χ4v) is 5.84. The lowest BCUT2D eigenvalue weighted by Crippen LogP contribution is -2.47. The highest BCUT2D eigenvalue weighted by atomic mass is 19.1. The number of amides is 2. The number of pyridine rings is 2. The Morgan fingerprint density at radius 2 is 1.88 bits per heavy atom. The van der Waals surface area contributed by atoms with E-state index in [1.54, 1.807) is 30.5 Å². The number of nitrogens with zero attached hydrogens (tertiary/aromatic N) is 4. The van der Waals surface area contributed by atoms with Crippen LogP contribution in [0, 0.1) is 23.0 Å². The van der Waals surface area contributed by atoms with Gasteiger partial charge in [0.15, 0.2) is 11.6 Å². The first-order chi connectivity index (χ1) is 19.5. The van der Waals surface area contributed by atoms with E-state index in [0.29, 0.717) is 28.6 Å². The maximum atomic E-state index is 16.2. The van der Waals surface area contributed by atoms with Crippen LogP contribution < -0.4 is 10.6 Å². The third-order valence-electron chi connectivity index (χ3n) is 7.80. The quantitative estimate of drug-likeness (QED) is 0.288. The van der Waals surface area contributed by atoms with Gasteiger partial charge in [-0.25, -0.2) is 23.5 Å². The Balaban J connectivity index is 1.38. The van der Waals surface area contributed by atoms with E-state index < -0.39 is 11.6 Å². The zero-order valence-electron chi connectivity index (χ0n) is 21.9. The second-order valence-corrected chi connectivity index (χ2v) is 10.5. The average Bonchev–Trinajstić information content (AvgIpc) is 3.65. The number of H-pyrrole nitrogens is 1. The number of anilines is 1. The van der Waals surface area contributed by atoms with Crippen molar-refractivity contribution < 1.29 is 13.6 Å². The number of benzene rings is 1. The van der Waals surface area contributed by atoms with E-state index in [0.717, 1.165) is 51.4 Å². The van der Waals surface area contributed by atoms with Gasteiger partial charge in [-0.3, -0.25) is 0 Å². The van der Waals surface area contributed by atoms with Crippen LogP contribution in [0.5, 0.6) is 0 Å². The zero-order chi connectivity index (χ0) is 27.6. The summed E-state index contributed by atoms with van der Waals surface area (Å²) in [6.45, 7) is 1.55. The minimum atomic E-state index is -0.626. The SMILES string of the molecule is N#Cc1c(-c2c[nH]c3ncc(F)cc23)nc(NC2CCCC(NC(=O)N3CCCC3)C2)c(F)c1-c1ccccc1. The number of urea groups is 1. The zero-order valence-corrected chi connectivity index (χ0v) is 21.9. The second kappa shape index (κ2) is 10.9. The van der Waals surface area contributed by atoms with Gasteiger partial charge >= 0.3 is 6.03 Å². The fraction of sp³-hybridized carbons (Fsp3) is 0.333. The number of nitrogens with one attached hydrogen (secondary N) is 3. The van der Waals surface area contributed by atoms with Crippen molar-refractivity contribution >= 4 is 22.9 Å². The molecule has 204 valence electrons. The van der Waals surface area contributed by atoms with Gasteiger partial charge in [0, 0.05) is 47.9 Å². The van der Waals surface area contributed by atoms with Crippen LogP contribution in [-0.2, 0) is 0 Å². The molecule has 0 radical (unpaired) electrons. The molecule has 10 heteroatoms. The lowest BCUT2D eigenvalue weighted by atomic mass is 9.90. The topological polar surface area (TPSA) is 110 Å². The number of nitriles is 1. The van der Waals surface area contributed by atoms with Crippen LogP contribution in [0.1, 0.15) is 44.1 Å². The minimum absolute atomic E-state index is 0.0167. The molecule has 2 atom stereocenters. The molecule has 4 heterocycles. The van der Waals surface area contributed by atoms with Gasteiger partial charge < -0.3 is 20.5 Å². The summed E-state index contributed by atoms with van der Waals surface area (Å²) in [4.78, 5) is 26.2. The molecule has 4 aromatic rings. The number of fused-ring (bicyclic) bond motifs is 1. The van der Waals surface area contributed by atoms with Crippen molar-refractivity contribution in [2.24, 2.45) is 0 Å². The molecule has 8 nitrogen and oxygen atoms in total. The van der Waals surface area contributed by atoms with Gasteiger partial charge in [0.25, 0.3) is 0 Å². The molecule has 1 saturated heterocycles. The van der Waals surface area contributed by atoms with Crippen LogP contribution in [0.15, 0.2) is 48.8 Å². The molecule has 0 spiro atoms. The molecule has 40 heavy (non-hydrogen) atoms. The summed E-state index contributed by atoms with van der Waals surface area (Å²) in [7, 11) is 0. The predicted octanol–water partition coefficient (Wildman–Crippen LogP) is 5.97. The second-order valence-electron chi connectivity index (χ2n) is 10.5. The van der Waals surface area contributed by atoms with Crippen molar-refractivity contribution in [2.45, 2.75) is 50.6 Å². The molecule has 2 fully saturated rings. The lowest BCUT2D eigenvalue weighted by molar-refractivity contribution is 0.199. The summed E-state index contributed by atoms with van der Waals surface area (Å²) in [6.07, 6.45) is 7.90. The van der Waals surface area contributed by atoms with Crippen LogP contribution in [0.2, 0.25) is 0 Å². The Kier molecular flexibility index (Phi) is 7.03. The Bertz CT molecular complexity index is 1590. The average molecular weight is 542 g/mol. The van der Waals surface area contributed by atoms with Crippen molar-refractivity contribution in [1.82, 2.24) is 25.2 Å². The number of hydrogen-bond acceptors (Lipinski definition) is 5. The minimum Gasteiger partial charge on any atom is -0.365 e. The van der Waals surface area contributed by atoms with E-state index in [-0.39, 0.29) is 40.8 Å². The number of likely N-dealkylation sites (tertiary alicyclic amines) is 1. The van der Waals surface area contributed by atoms with Crippen LogP contribution >= 0.6 is 0 Å². The van der Waals surface area contributed by atoms with Crippen LogP contribution in [0.4, 0.5) is 19.4 Å². The van der Waals surface area contributed by atoms with Crippen molar-refractivity contribution in [3.63, 3.8) is 0 Å². The van der Waals surface area contributed by atoms with Gasteiger partial charge in [-0.05, 0) is 50.2 Å². The van der Waals surface area contributed by atoms with E-state index in [4.69, 9.17) is 0 Å². The molecule has 2 amide bonds. The van der Waals surface area contributed by atoms with Crippen molar-refractivity contribution in [3.8, 4) is 28.5 Å². The Labute approximate surface area is 230 Å². The van der Waals surface area contributed by atoms with E-state index in [2.05, 4.69) is 31.7 Å². The van der Waals surface area contributed by atoms with Gasteiger partial charge in [-0.15, -0.1) is 0 Å². The Morgan fingerprint density at radius 1 is 1.10 bits per heavy atom. The van der Waals surface area contributed by atoms with Gasteiger partial charge in [-0.1, -0.05) is 30.3 Å². The molecular weight excluding hydrogens is 512 g/mol. The summed E-state index contributed by atoms with van der Waals surface area (Å²) in [5.74, 6) is -1.14. The number of carbonyl (C=O) groups excluding carboxylic acids is 1. The highest BCUT2D eigenvalue weighted by Crippen LogP contribution is 2.39. The van der Waals surface area contributed by atoms with Gasteiger partial charge in [0.2, 0.25) is 0 Å². The first kappa shape index (κ1) is 25.7. The molecule has 1 aromatic carbocycles. The number of carbonyl (C=O) groups is 1. The van der Waals surface area contributed by atoms with E-state index in [1.807, 2.05) is 11.0 Å². The molecule has 6 rings (SSSR count). The summed E-state index contributed by atoms with van der Waals surface area (Å²) < 4.78 is 30.4. The largest absolute Gasteiger partial charge is 0.365 e. The predicted molar refractivity (Wildman–Crippen MR) is 148 cm³/mol. The lowest BCUT2D eigenvalue weighted by Gasteiger charge is -2.32. The molecule has 0 bridgehead atoms. The van der Waals surface area contributed by atoms with Gasteiger partial charge in [0.1, 0.15) is 17.5 Å². The third kappa shape index (κ3) is 4.95. The summed E-state index contributed by atoms with van der Waals surface area (Å²) in [6, 6.07) is 12.1. The van der Waals surface area contributed by atoms with E-state index >= 15 is 4.39 Å². The molecule has 1 aliphatic carbocycles. The van der Waals surface area contributed by atoms with Gasteiger partial charge in [0.05, 0.1) is 17.5 Å². The number of aromatic amines is 1. The molecule has 1 saturated carbocycles. The van der Waals surface area contributed by atoms with E-state index in [1.165, 1.54) is 6.07 Å². The van der Waals surface area contributed by atoms with Crippen molar-refractivity contribution in [1.29, 1.82) is 5.26 Å². The maximum Gasteiger partial charge on any atom is 0.317 e. The van der Waals surface area contributed by atoms with E-state index in [9.17, 15) is 14.4 Å². The monoisotopic (exact) mass is 541 g/mol. The Hall–Kier alpha value is -4.52. The number of halogens is 2. The third-order valence-corrected chi connectivity index (χ3v) is 7.80. The highest BCUT2D eigenvalue weighted by molar-refractivity contribution is 5.96. The first-order valence-corrected chi connectivity index (χ1v) is 13.7. The first-order valence-electron chi connectivity index (χ1n) is 13.7. The normalized spacial score (nSPS) is 19.0. The number of rotatable bonds is 5. The number of aromatic nitrogens is 3. The number of hydrogen-bond donors (Lipinski definition) is 3. The summed E-state index contributed by atoms with van der Waals surface area (Å²) >= 11 is 0. The smallest absolute Gasteiger partial charge is 0.317 e. The highest BCUT2D eigenvalue weighted by Gasteiger charge is 2.29. The maximum absolute atomic E-state index is 16.2. The standard InChI is InChI=1S/C30H29F2N7O/c31-19-13-22-24(17-35-28(22)34-16-19)27-23(15-33)25(18-7-2-1-3-8-18)26(32)29(38-27)36-20-9-6-10-21(14-20)37-30(40)39-11-4-5-12-39/h1-3,7-8,13,16-17,20-21H,4-6,9-12,14H2,(H,34,35)(H,36,38)(H,37,40). The summed E-state index contributed by atoms with van der Waals surface area (Å²) in [5, 5.41) is 17.1.